The molecule has 0 unspecified atom stereocenters. The van der Waals surface area contributed by atoms with Crippen LogP contribution >= 0.6 is 0 Å². The van der Waals surface area contributed by atoms with Gasteiger partial charge in [0, 0.05) is 19.3 Å². The van der Waals surface area contributed by atoms with Gasteiger partial charge in [0.15, 0.2) is 5.69 Å². The Hall–Kier alpha value is -2.31. The fourth-order valence-electron chi connectivity index (χ4n) is 1.15. The first-order valence-corrected chi connectivity index (χ1v) is 4.87. The number of amides is 2. The molecule has 7 heteroatoms. The second-order valence-corrected chi connectivity index (χ2v) is 3.02. The number of carboxylic acid groups (broad SMARTS) is 1. The van der Waals surface area contributed by atoms with Gasteiger partial charge in [-0.05, 0) is 12.1 Å². The summed E-state index contributed by atoms with van der Waals surface area (Å²) in [5.74, 6) is -0.0690. The van der Waals surface area contributed by atoms with Crippen molar-refractivity contribution in [1.29, 1.82) is 0 Å². The van der Waals surface area contributed by atoms with Crippen LogP contribution in [-0.2, 0) is 0 Å². The van der Waals surface area contributed by atoms with Crippen LogP contribution < -0.4 is 20.5 Å². The van der Waals surface area contributed by atoms with Crippen LogP contribution in [0.1, 0.15) is 10.5 Å². The van der Waals surface area contributed by atoms with Gasteiger partial charge in [-0.1, -0.05) is 0 Å². The molecular formula is C10H12N3O4-. The zero-order valence-corrected chi connectivity index (χ0v) is 9.23. The molecule has 0 saturated carbocycles. The third-order valence-electron chi connectivity index (χ3n) is 1.89. The summed E-state index contributed by atoms with van der Waals surface area (Å²) in [6, 6.07) is 3.26. The van der Waals surface area contributed by atoms with Crippen LogP contribution in [0.4, 0.5) is 4.79 Å². The molecule has 0 aliphatic carbocycles. The van der Waals surface area contributed by atoms with Gasteiger partial charge >= 0.3 is 0 Å². The first kappa shape index (κ1) is 12.8. The third-order valence-corrected chi connectivity index (χ3v) is 1.89. The smallest absolute Gasteiger partial charge is 0.273 e. The van der Waals surface area contributed by atoms with E-state index in [2.05, 4.69) is 10.3 Å². The Morgan fingerprint density at radius 2 is 2.12 bits per heavy atom. The van der Waals surface area contributed by atoms with E-state index >= 15 is 0 Å². The summed E-state index contributed by atoms with van der Waals surface area (Å²) in [4.78, 5) is 25.5. The fourth-order valence-corrected chi connectivity index (χ4v) is 1.15. The first-order valence-electron chi connectivity index (χ1n) is 4.87. The van der Waals surface area contributed by atoms with Gasteiger partial charge in [-0.2, -0.15) is 0 Å². The van der Waals surface area contributed by atoms with E-state index in [1.54, 1.807) is 12.1 Å². The monoisotopic (exact) mass is 238 g/mol. The van der Waals surface area contributed by atoms with E-state index in [0.29, 0.717) is 5.75 Å². The molecule has 1 rings (SSSR count). The van der Waals surface area contributed by atoms with Crippen LogP contribution in [0.25, 0.3) is 0 Å². The minimum Gasteiger partial charge on any atom is -0.530 e. The highest BCUT2D eigenvalue weighted by Crippen LogP contribution is 2.13. The molecule has 1 aromatic heterocycles. The van der Waals surface area contributed by atoms with Gasteiger partial charge in [0.2, 0.25) is 0 Å². The van der Waals surface area contributed by atoms with E-state index in [4.69, 9.17) is 4.74 Å². The minimum absolute atomic E-state index is 0.0726. The Morgan fingerprint density at radius 3 is 2.76 bits per heavy atom. The molecule has 1 heterocycles. The molecule has 0 aromatic carbocycles. The summed E-state index contributed by atoms with van der Waals surface area (Å²) >= 11 is 0. The Balaban J connectivity index is 2.49. The lowest BCUT2D eigenvalue weighted by Gasteiger charge is -2.09. The van der Waals surface area contributed by atoms with Gasteiger partial charge in [-0.3, -0.25) is 4.79 Å². The molecule has 1 aromatic rings. The maximum absolute atomic E-state index is 11.6. The molecular weight excluding hydrogens is 226 g/mol. The number of aromatic nitrogens is 1. The SMILES string of the molecule is COc1cccnc1C(=O)NCCNC(=O)[O-]. The second kappa shape index (κ2) is 6.31. The van der Waals surface area contributed by atoms with E-state index in [1.165, 1.54) is 13.3 Å². The molecule has 2 amide bonds. The average molecular weight is 238 g/mol. The largest absolute Gasteiger partial charge is 0.530 e. The van der Waals surface area contributed by atoms with Crippen LogP contribution in [0.5, 0.6) is 5.75 Å². The number of ether oxygens (including phenoxy) is 1. The Kier molecular flexibility index (Phi) is 4.74. The lowest BCUT2D eigenvalue weighted by Crippen LogP contribution is -2.41. The highest BCUT2D eigenvalue weighted by atomic mass is 16.5. The maximum atomic E-state index is 11.6. The molecule has 0 radical (unpaired) electrons. The molecule has 0 spiro atoms. The standard InChI is InChI=1S/C10H13N3O4/c1-17-7-3-2-4-11-8(7)9(14)12-5-6-13-10(15)16/h2-4,13H,5-6H2,1H3,(H,12,14)(H,15,16)/p-1. The molecule has 92 valence electrons. The van der Waals surface area contributed by atoms with Gasteiger partial charge in [-0.15, -0.1) is 0 Å². The highest BCUT2D eigenvalue weighted by Gasteiger charge is 2.11. The summed E-state index contributed by atoms with van der Waals surface area (Å²) in [6.07, 6.45) is 0.0892. The van der Waals surface area contributed by atoms with E-state index in [0.717, 1.165) is 0 Å². The molecule has 0 aliphatic rings. The Labute approximate surface area is 97.8 Å². The van der Waals surface area contributed by atoms with E-state index in [9.17, 15) is 14.7 Å². The van der Waals surface area contributed by atoms with Crippen LogP contribution in [0.3, 0.4) is 0 Å². The van der Waals surface area contributed by atoms with Crippen molar-refractivity contribution in [3.8, 4) is 5.75 Å². The normalized spacial score (nSPS) is 9.47. The highest BCUT2D eigenvalue weighted by molar-refractivity contribution is 5.94. The molecule has 0 bridgehead atoms. The molecule has 0 saturated heterocycles. The van der Waals surface area contributed by atoms with Crippen molar-refractivity contribution >= 4 is 12.0 Å². The topological polar surface area (TPSA) is 103 Å². The van der Waals surface area contributed by atoms with Gasteiger partial charge in [0.1, 0.15) is 11.8 Å². The van der Waals surface area contributed by atoms with Gasteiger partial charge in [0.05, 0.1) is 7.11 Å². The van der Waals surface area contributed by atoms with Crippen molar-refractivity contribution in [2.45, 2.75) is 0 Å². The number of methoxy groups -OCH3 is 1. The molecule has 17 heavy (non-hydrogen) atoms. The van der Waals surface area contributed by atoms with Crippen LogP contribution in [0.2, 0.25) is 0 Å². The average Bonchev–Trinajstić information content (AvgIpc) is 2.34. The summed E-state index contributed by atoms with van der Waals surface area (Å²) in [5, 5.41) is 14.6. The number of rotatable bonds is 5. The molecule has 0 atom stereocenters. The number of nitrogens with zero attached hydrogens (tertiary/aromatic N) is 1. The summed E-state index contributed by atoms with van der Waals surface area (Å²) in [7, 11) is 1.44. The number of carbonyl (C=O) groups excluding carboxylic acids is 2. The molecule has 7 nitrogen and oxygen atoms in total. The minimum atomic E-state index is -1.38. The molecule has 2 N–H and O–H groups in total. The summed E-state index contributed by atoms with van der Waals surface area (Å²) < 4.78 is 4.97. The lowest BCUT2D eigenvalue weighted by molar-refractivity contribution is -0.250. The molecule has 0 fully saturated rings. The maximum Gasteiger partial charge on any atom is 0.273 e. The van der Waals surface area contributed by atoms with Crippen LogP contribution in [-0.4, -0.2) is 37.2 Å². The second-order valence-electron chi connectivity index (χ2n) is 3.02. The van der Waals surface area contributed by atoms with E-state index < -0.39 is 12.0 Å². The predicted molar refractivity (Wildman–Crippen MR) is 56.5 cm³/mol. The zero-order valence-electron chi connectivity index (χ0n) is 9.23. The number of hydrogen-bond acceptors (Lipinski definition) is 5. The number of pyridine rings is 1. The Morgan fingerprint density at radius 1 is 1.41 bits per heavy atom. The van der Waals surface area contributed by atoms with Gasteiger partial charge < -0.3 is 25.3 Å². The third kappa shape index (κ3) is 3.98. The quantitative estimate of drug-likeness (QED) is 0.624. The van der Waals surface area contributed by atoms with Gasteiger partial charge in [-0.25, -0.2) is 4.98 Å². The van der Waals surface area contributed by atoms with Crippen molar-refractivity contribution in [1.82, 2.24) is 15.6 Å². The number of carbonyl (C=O) groups is 2. The van der Waals surface area contributed by atoms with E-state index in [-0.39, 0.29) is 18.8 Å². The van der Waals surface area contributed by atoms with Crippen molar-refractivity contribution in [2.24, 2.45) is 0 Å². The van der Waals surface area contributed by atoms with Crippen LogP contribution in [0, 0.1) is 0 Å². The number of hydrogen-bond donors (Lipinski definition) is 2. The first-order chi connectivity index (χ1) is 8.15. The van der Waals surface area contributed by atoms with Crippen molar-refractivity contribution < 1.29 is 19.4 Å². The van der Waals surface area contributed by atoms with Crippen molar-refractivity contribution in [3.05, 3.63) is 24.0 Å². The van der Waals surface area contributed by atoms with Crippen LogP contribution in [0.15, 0.2) is 18.3 Å². The summed E-state index contributed by atoms with van der Waals surface area (Å²) in [6.45, 7) is 0.218. The van der Waals surface area contributed by atoms with Gasteiger partial charge in [0.25, 0.3) is 5.91 Å². The van der Waals surface area contributed by atoms with Crippen molar-refractivity contribution in [2.75, 3.05) is 20.2 Å². The van der Waals surface area contributed by atoms with Crippen molar-refractivity contribution in [3.63, 3.8) is 0 Å². The number of nitrogens with one attached hydrogen (secondary N) is 2. The lowest BCUT2D eigenvalue weighted by atomic mass is 10.3. The van der Waals surface area contributed by atoms with E-state index in [1.807, 2.05) is 5.32 Å². The Bertz CT molecular complexity index is 408. The predicted octanol–water partition coefficient (Wildman–Crippen LogP) is -1.25. The fraction of sp³-hybridized carbons (Fsp3) is 0.300. The molecule has 0 aliphatic heterocycles. The zero-order chi connectivity index (χ0) is 12.7. The summed E-state index contributed by atoms with van der Waals surface area (Å²) in [5.41, 5.74) is 0.156.